The number of benzene rings is 3. The van der Waals surface area contributed by atoms with E-state index in [4.69, 9.17) is 14.2 Å². The van der Waals surface area contributed by atoms with Crippen LogP contribution in [0.3, 0.4) is 0 Å². The molecule has 1 amide bonds. The van der Waals surface area contributed by atoms with Crippen LogP contribution in [-0.4, -0.2) is 59.2 Å². The predicted octanol–water partition coefficient (Wildman–Crippen LogP) is 4.83. The Kier molecular flexibility index (Phi) is 10.3. The smallest absolute Gasteiger partial charge is 0.411 e. The molecule has 0 aliphatic carbocycles. The van der Waals surface area contributed by atoms with Gasteiger partial charge in [0.25, 0.3) is 0 Å². The third-order valence-corrected chi connectivity index (χ3v) is 6.61. The molecule has 3 aromatic carbocycles. The van der Waals surface area contributed by atoms with Gasteiger partial charge in [-0.25, -0.2) is 4.79 Å². The van der Waals surface area contributed by atoms with Crippen molar-refractivity contribution in [1.29, 1.82) is 0 Å². The van der Waals surface area contributed by atoms with Gasteiger partial charge < -0.3 is 34.4 Å². The van der Waals surface area contributed by atoms with Crippen molar-refractivity contribution in [3.63, 3.8) is 0 Å². The van der Waals surface area contributed by atoms with Crippen LogP contribution in [-0.2, 0) is 20.8 Å². The highest BCUT2D eigenvalue weighted by molar-refractivity contribution is 5.84. The van der Waals surface area contributed by atoms with Crippen LogP contribution in [0.2, 0.25) is 0 Å². The number of nitrogens with zero attached hydrogens (tertiary/aromatic N) is 1. The first kappa shape index (κ1) is 29.3. The van der Waals surface area contributed by atoms with Crippen molar-refractivity contribution in [2.45, 2.75) is 37.6 Å². The van der Waals surface area contributed by atoms with Crippen molar-refractivity contribution in [2.24, 2.45) is 0 Å². The fraction of sp³-hybridized carbons (Fsp3) is 0.323. The van der Waals surface area contributed by atoms with Crippen LogP contribution >= 0.6 is 0 Å². The number of amides is 1. The largest absolute Gasteiger partial charge is 0.508 e. The van der Waals surface area contributed by atoms with Gasteiger partial charge in [-0.3, -0.25) is 5.32 Å². The maximum absolute atomic E-state index is 12.0. The molecule has 1 fully saturated rings. The van der Waals surface area contributed by atoms with E-state index in [1.54, 1.807) is 42.5 Å². The Morgan fingerprint density at radius 1 is 1.12 bits per heavy atom. The zero-order valence-electron chi connectivity index (χ0n) is 22.5. The lowest BCUT2D eigenvalue weighted by Gasteiger charge is -2.38. The standard InChI is InChI=1S/C31H36N2O7/c1-3-14-38-31(37)32-25-8-4-7-24(15-25)30-39-27(17-29(40-30)22-12-10-21(20-34)11-13-22)18-33(2)19-28(36)23-6-5-9-26(35)16-23/h3-13,15-16,27-30,34-36H,1,14,17-20H2,2H3,(H,32,37)/t27-,28+,29+,30+/m0/s1. The number of hydrogen-bond acceptors (Lipinski definition) is 8. The molecule has 4 N–H and O–H groups in total. The highest BCUT2D eigenvalue weighted by Crippen LogP contribution is 2.38. The molecule has 0 aromatic heterocycles. The van der Waals surface area contributed by atoms with Crippen molar-refractivity contribution >= 4 is 11.8 Å². The Balaban J connectivity index is 1.50. The first-order chi connectivity index (χ1) is 19.3. The molecule has 40 heavy (non-hydrogen) atoms. The van der Waals surface area contributed by atoms with Gasteiger partial charge >= 0.3 is 6.09 Å². The quantitative estimate of drug-likeness (QED) is 0.252. The molecule has 212 valence electrons. The molecule has 3 aromatic rings. The van der Waals surface area contributed by atoms with E-state index in [9.17, 15) is 20.1 Å². The number of anilines is 1. The van der Waals surface area contributed by atoms with E-state index in [2.05, 4.69) is 11.9 Å². The van der Waals surface area contributed by atoms with Crippen LogP contribution in [0.25, 0.3) is 0 Å². The summed E-state index contributed by atoms with van der Waals surface area (Å²) in [4.78, 5) is 14.0. The normalized spacial score (nSPS) is 19.6. The van der Waals surface area contributed by atoms with Crippen LogP contribution in [0.4, 0.5) is 10.5 Å². The summed E-state index contributed by atoms with van der Waals surface area (Å²) in [6.07, 6.45) is -0.531. The number of phenolic OH excluding ortho intramolecular Hbond substituents is 1. The van der Waals surface area contributed by atoms with Crippen LogP contribution in [0.1, 0.15) is 47.2 Å². The third kappa shape index (κ3) is 8.14. The fourth-order valence-corrected chi connectivity index (χ4v) is 4.64. The number of carbonyl (C=O) groups excluding carboxylic acids is 1. The average Bonchev–Trinajstić information content (AvgIpc) is 2.96. The number of carbonyl (C=O) groups is 1. The number of phenols is 1. The van der Waals surface area contributed by atoms with Gasteiger partial charge in [-0.05, 0) is 48.0 Å². The summed E-state index contributed by atoms with van der Waals surface area (Å²) in [5.41, 5.74) is 3.67. The second-order valence-corrected chi connectivity index (χ2v) is 9.82. The minimum absolute atomic E-state index is 0.0402. The number of nitrogens with one attached hydrogen (secondary N) is 1. The highest BCUT2D eigenvalue weighted by atomic mass is 16.7. The topological polar surface area (TPSA) is 121 Å². The maximum atomic E-state index is 12.0. The summed E-state index contributed by atoms with van der Waals surface area (Å²) in [6.45, 7) is 4.47. The molecule has 0 unspecified atom stereocenters. The summed E-state index contributed by atoms with van der Waals surface area (Å²) in [7, 11) is 1.91. The van der Waals surface area contributed by atoms with E-state index >= 15 is 0 Å². The summed E-state index contributed by atoms with van der Waals surface area (Å²) in [6, 6.07) is 21.4. The van der Waals surface area contributed by atoms with Gasteiger partial charge in [-0.15, -0.1) is 0 Å². The second kappa shape index (κ2) is 14.1. The number of aliphatic hydroxyl groups excluding tert-OH is 2. The SMILES string of the molecule is C=CCOC(=O)Nc1cccc([C@@H]2O[C@H](CN(C)C[C@@H](O)c3cccc(O)c3)C[C@H](c3ccc(CO)cc3)O2)c1. The van der Waals surface area contributed by atoms with Gasteiger partial charge in [0.05, 0.1) is 24.9 Å². The van der Waals surface area contributed by atoms with Crippen molar-refractivity contribution in [1.82, 2.24) is 4.90 Å². The molecule has 0 radical (unpaired) electrons. The zero-order valence-corrected chi connectivity index (χ0v) is 22.5. The Morgan fingerprint density at radius 3 is 2.62 bits per heavy atom. The number of aliphatic hydroxyl groups is 2. The number of aromatic hydroxyl groups is 1. The molecule has 4 rings (SSSR count). The monoisotopic (exact) mass is 548 g/mol. The van der Waals surface area contributed by atoms with Gasteiger partial charge in [-0.2, -0.15) is 0 Å². The number of hydrogen-bond donors (Lipinski definition) is 4. The van der Waals surface area contributed by atoms with Crippen molar-refractivity contribution in [3.8, 4) is 5.75 Å². The van der Waals surface area contributed by atoms with Crippen LogP contribution in [0.15, 0.2) is 85.5 Å². The number of likely N-dealkylation sites (N-methyl/N-ethyl adjacent to an activating group) is 1. The average molecular weight is 549 g/mol. The molecule has 1 aliphatic rings. The first-order valence-electron chi connectivity index (χ1n) is 13.2. The Bertz CT molecular complexity index is 1270. The zero-order chi connectivity index (χ0) is 28.5. The lowest BCUT2D eigenvalue weighted by molar-refractivity contribution is -0.252. The predicted molar refractivity (Wildman–Crippen MR) is 151 cm³/mol. The molecule has 9 heteroatoms. The van der Waals surface area contributed by atoms with E-state index in [0.29, 0.717) is 30.8 Å². The van der Waals surface area contributed by atoms with E-state index in [1.165, 1.54) is 6.08 Å². The van der Waals surface area contributed by atoms with Gasteiger partial charge in [-0.1, -0.05) is 61.2 Å². The third-order valence-electron chi connectivity index (χ3n) is 6.61. The van der Waals surface area contributed by atoms with Crippen LogP contribution in [0, 0.1) is 0 Å². The molecule has 1 heterocycles. The van der Waals surface area contributed by atoms with Crippen molar-refractivity contribution < 1.29 is 34.3 Å². The van der Waals surface area contributed by atoms with E-state index in [1.807, 2.05) is 42.3 Å². The number of rotatable bonds is 11. The molecule has 4 atom stereocenters. The Labute approximate surface area is 234 Å². The lowest BCUT2D eigenvalue weighted by Crippen LogP contribution is -2.39. The molecule has 1 saturated heterocycles. The van der Waals surface area contributed by atoms with Gasteiger partial charge in [0.1, 0.15) is 12.4 Å². The van der Waals surface area contributed by atoms with Gasteiger partial charge in [0.2, 0.25) is 0 Å². The molecular weight excluding hydrogens is 512 g/mol. The van der Waals surface area contributed by atoms with Crippen LogP contribution < -0.4 is 5.32 Å². The minimum Gasteiger partial charge on any atom is -0.508 e. The van der Waals surface area contributed by atoms with Crippen molar-refractivity contribution in [2.75, 3.05) is 32.1 Å². The minimum atomic E-state index is -0.779. The van der Waals surface area contributed by atoms with Gasteiger partial charge in [0.15, 0.2) is 6.29 Å². The maximum Gasteiger partial charge on any atom is 0.411 e. The molecule has 1 aliphatic heterocycles. The molecule has 0 bridgehead atoms. The lowest BCUT2D eigenvalue weighted by atomic mass is 9.99. The summed E-state index contributed by atoms with van der Waals surface area (Å²) >= 11 is 0. The second-order valence-electron chi connectivity index (χ2n) is 9.82. The summed E-state index contributed by atoms with van der Waals surface area (Å²) < 4.78 is 17.8. The Morgan fingerprint density at radius 2 is 1.90 bits per heavy atom. The summed E-state index contributed by atoms with van der Waals surface area (Å²) in [5.74, 6) is 0.107. The summed E-state index contributed by atoms with van der Waals surface area (Å²) in [5, 5.41) is 32.6. The van der Waals surface area contributed by atoms with Crippen molar-refractivity contribution in [3.05, 3.63) is 108 Å². The van der Waals surface area contributed by atoms with Gasteiger partial charge in [0, 0.05) is 30.8 Å². The first-order valence-corrected chi connectivity index (χ1v) is 13.2. The van der Waals surface area contributed by atoms with E-state index in [0.717, 1.165) is 16.7 Å². The number of ether oxygens (including phenoxy) is 3. The molecular formula is C31H36N2O7. The van der Waals surface area contributed by atoms with E-state index in [-0.39, 0.29) is 31.2 Å². The molecule has 0 saturated carbocycles. The van der Waals surface area contributed by atoms with E-state index < -0.39 is 18.5 Å². The fourth-order valence-electron chi connectivity index (χ4n) is 4.64. The Hall–Kier alpha value is -3.73. The highest BCUT2D eigenvalue weighted by Gasteiger charge is 2.33. The van der Waals surface area contributed by atoms with Crippen LogP contribution in [0.5, 0.6) is 5.75 Å². The molecule has 9 nitrogen and oxygen atoms in total. The molecule has 0 spiro atoms.